The Balaban J connectivity index is 1.26. The van der Waals surface area contributed by atoms with Crippen LogP contribution in [0.2, 0.25) is 0 Å². The third-order valence-electron chi connectivity index (χ3n) is 8.01. The van der Waals surface area contributed by atoms with E-state index in [1.54, 1.807) is 22.9 Å². The molecule has 3 N–H and O–H groups in total. The van der Waals surface area contributed by atoms with E-state index in [1.807, 2.05) is 40.2 Å². The van der Waals surface area contributed by atoms with Gasteiger partial charge in [-0.2, -0.15) is 4.39 Å². The third-order valence-corrected chi connectivity index (χ3v) is 8.01. The van der Waals surface area contributed by atoms with Crippen molar-refractivity contribution in [1.29, 1.82) is 0 Å². The average molecular weight is 621 g/mol. The molecule has 4 aromatic rings. The molecule has 2 aromatic heterocycles. The van der Waals surface area contributed by atoms with Crippen LogP contribution in [0.3, 0.4) is 0 Å². The van der Waals surface area contributed by atoms with Gasteiger partial charge in [-0.3, -0.25) is 14.0 Å². The van der Waals surface area contributed by atoms with Crippen molar-refractivity contribution >= 4 is 29.0 Å². The van der Waals surface area contributed by atoms with E-state index in [-0.39, 0.29) is 35.2 Å². The van der Waals surface area contributed by atoms with Crippen LogP contribution in [0.25, 0.3) is 16.9 Å². The Kier molecular flexibility index (Phi) is 9.33. The molecular formula is C33H40F2N7O3+. The Hall–Kier alpha value is -4.58. The molecule has 10 nitrogen and oxygen atoms in total. The SMILES string of the molecule is CCc1cc(Nc2nccn3c(-c4ccc(OC)c(F)c4F)cnc23)ccc1C(=O)N[C@H]1CC[C@H](NC(=O)C[N+](C)(C)C)CC1. The van der Waals surface area contributed by atoms with Crippen molar-refractivity contribution in [3.8, 4) is 17.0 Å². The topological polar surface area (TPSA) is 110 Å². The number of aromatic nitrogens is 3. The van der Waals surface area contributed by atoms with Crippen LogP contribution in [-0.4, -0.2) is 77.5 Å². The second kappa shape index (κ2) is 13.2. The molecule has 45 heavy (non-hydrogen) atoms. The highest BCUT2D eigenvalue weighted by atomic mass is 19.2. The number of nitrogens with one attached hydrogen (secondary N) is 3. The van der Waals surface area contributed by atoms with E-state index in [4.69, 9.17) is 4.74 Å². The summed E-state index contributed by atoms with van der Waals surface area (Å²) in [6.07, 6.45) is 8.53. The molecule has 2 heterocycles. The number of aryl methyl sites for hydroxylation is 1. The lowest BCUT2D eigenvalue weighted by atomic mass is 9.90. The van der Waals surface area contributed by atoms with Crippen LogP contribution in [0.4, 0.5) is 20.3 Å². The lowest BCUT2D eigenvalue weighted by Gasteiger charge is -2.31. The third kappa shape index (κ3) is 7.22. The molecule has 0 unspecified atom stereocenters. The van der Waals surface area contributed by atoms with Crippen molar-refractivity contribution in [2.45, 2.75) is 51.1 Å². The number of ether oxygens (including phenoxy) is 1. The number of benzene rings is 2. The monoisotopic (exact) mass is 620 g/mol. The number of hydrogen-bond acceptors (Lipinski definition) is 6. The molecule has 1 fully saturated rings. The maximum atomic E-state index is 14.9. The number of nitrogens with zero attached hydrogens (tertiary/aromatic N) is 4. The molecule has 0 atom stereocenters. The highest BCUT2D eigenvalue weighted by Gasteiger charge is 2.26. The number of carbonyl (C=O) groups excluding carboxylic acids is 2. The highest BCUT2D eigenvalue weighted by Crippen LogP contribution is 2.32. The van der Waals surface area contributed by atoms with Crippen LogP contribution in [0.5, 0.6) is 5.75 Å². The minimum Gasteiger partial charge on any atom is -0.494 e. The molecule has 0 aliphatic heterocycles. The molecule has 2 aromatic carbocycles. The summed E-state index contributed by atoms with van der Waals surface area (Å²) in [6.45, 7) is 2.42. The Bertz CT molecular complexity index is 1710. The van der Waals surface area contributed by atoms with Gasteiger partial charge >= 0.3 is 0 Å². The van der Waals surface area contributed by atoms with Gasteiger partial charge in [-0.25, -0.2) is 14.4 Å². The maximum Gasteiger partial charge on any atom is 0.275 e. The molecule has 5 rings (SSSR count). The minimum absolute atomic E-state index is 0.0414. The number of methoxy groups -OCH3 is 1. The zero-order valence-corrected chi connectivity index (χ0v) is 26.3. The fourth-order valence-corrected chi connectivity index (χ4v) is 5.77. The predicted molar refractivity (Wildman–Crippen MR) is 169 cm³/mol. The van der Waals surface area contributed by atoms with Crippen molar-refractivity contribution in [3.05, 3.63) is 71.7 Å². The predicted octanol–water partition coefficient (Wildman–Crippen LogP) is 4.85. The first-order chi connectivity index (χ1) is 21.5. The summed E-state index contributed by atoms with van der Waals surface area (Å²) in [5, 5.41) is 9.58. The van der Waals surface area contributed by atoms with E-state index in [9.17, 15) is 18.4 Å². The quantitative estimate of drug-likeness (QED) is 0.219. The molecule has 0 spiro atoms. The number of rotatable bonds is 10. The molecule has 1 aliphatic carbocycles. The molecular weight excluding hydrogens is 580 g/mol. The number of carbonyl (C=O) groups is 2. The van der Waals surface area contributed by atoms with Crippen molar-refractivity contribution in [2.75, 3.05) is 40.1 Å². The fraction of sp³-hybridized carbons (Fsp3) is 0.394. The van der Waals surface area contributed by atoms with E-state index in [0.29, 0.717) is 45.9 Å². The first-order valence-electron chi connectivity index (χ1n) is 15.1. The van der Waals surface area contributed by atoms with Gasteiger partial charge < -0.3 is 25.2 Å². The fourth-order valence-electron chi connectivity index (χ4n) is 5.77. The van der Waals surface area contributed by atoms with Crippen LogP contribution in [-0.2, 0) is 11.2 Å². The van der Waals surface area contributed by atoms with Gasteiger partial charge in [-0.05, 0) is 68.0 Å². The molecule has 1 aliphatic rings. The Morgan fingerprint density at radius 3 is 2.38 bits per heavy atom. The van der Waals surface area contributed by atoms with Gasteiger partial charge in [-0.1, -0.05) is 6.92 Å². The summed E-state index contributed by atoms with van der Waals surface area (Å²) in [6, 6.07) is 8.50. The van der Waals surface area contributed by atoms with Gasteiger partial charge in [0, 0.05) is 41.3 Å². The summed E-state index contributed by atoms with van der Waals surface area (Å²) in [4.78, 5) is 34.4. The number of amides is 2. The Labute approximate surface area is 261 Å². The Morgan fingerprint density at radius 1 is 1.00 bits per heavy atom. The second-order valence-corrected chi connectivity index (χ2v) is 12.4. The smallest absolute Gasteiger partial charge is 0.275 e. The zero-order chi connectivity index (χ0) is 32.3. The lowest BCUT2D eigenvalue weighted by Crippen LogP contribution is -2.49. The van der Waals surface area contributed by atoms with Gasteiger partial charge in [0.25, 0.3) is 11.8 Å². The van der Waals surface area contributed by atoms with Crippen molar-refractivity contribution < 1.29 is 27.6 Å². The normalized spacial score (nSPS) is 16.8. The van der Waals surface area contributed by atoms with Gasteiger partial charge in [0.1, 0.15) is 0 Å². The van der Waals surface area contributed by atoms with Crippen LogP contribution in [0.1, 0.15) is 48.5 Å². The summed E-state index contributed by atoms with van der Waals surface area (Å²) >= 11 is 0. The number of quaternary nitrogens is 1. The first-order valence-corrected chi connectivity index (χ1v) is 15.1. The van der Waals surface area contributed by atoms with Gasteiger partial charge in [0.2, 0.25) is 5.82 Å². The van der Waals surface area contributed by atoms with E-state index in [1.165, 1.54) is 25.4 Å². The number of fused-ring (bicyclic) bond motifs is 1. The standard InChI is InChI=1S/C33H39F2N7O3/c1-6-20-17-23(11-12-24(20)33(44)40-22-9-7-21(8-10-22)38-28(43)19-42(2,3)4)39-31-32-37-18-26(41(32)16-15-36-31)25-13-14-27(45-5)30(35)29(25)34/h11-18,21-22H,6-10,19H2,1-5H3,(H2-,36,38,39,40,43,44)/p+1/t21-,22-. The van der Waals surface area contributed by atoms with E-state index < -0.39 is 11.6 Å². The van der Waals surface area contributed by atoms with E-state index in [2.05, 4.69) is 25.9 Å². The maximum absolute atomic E-state index is 14.9. The van der Waals surface area contributed by atoms with Crippen LogP contribution >= 0.6 is 0 Å². The van der Waals surface area contributed by atoms with Gasteiger partial charge in [-0.15, -0.1) is 0 Å². The molecule has 238 valence electrons. The van der Waals surface area contributed by atoms with Gasteiger partial charge in [0.05, 0.1) is 40.1 Å². The molecule has 12 heteroatoms. The second-order valence-electron chi connectivity index (χ2n) is 12.4. The number of likely N-dealkylation sites (N-methyl/N-ethyl adjacent to an activating group) is 1. The van der Waals surface area contributed by atoms with Crippen molar-refractivity contribution in [3.63, 3.8) is 0 Å². The number of hydrogen-bond donors (Lipinski definition) is 3. The largest absolute Gasteiger partial charge is 0.494 e. The van der Waals surface area contributed by atoms with Crippen LogP contribution < -0.4 is 20.7 Å². The Morgan fingerprint density at radius 2 is 1.71 bits per heavy atom. The molecule has 0 bridgehead atoms. The zero-order valence-electron chi connectivity index (χ0n) is 26.3. The average Bonchev–Trinajstić information content (AvgIpc) is 3.43. The van der Waals surface area contributed by atoms with Crippen LogP contribution in [0, 0.1) is 11.6 Å². The van der Waals surface area contributed by atoms with E-state index >= 15 is 0 Å². The summed E-state index contributed by atoms with van der Waals surface area (Å²) in [5.41, 5.74) is 3.00. The molecule has 0 saturated heterocycles. The van der Waals surface area contributed by atoms with E-state index in [0.717, 1.165) is 31.2 Å². The highest BCUT2D eigenvalue weighted by molar-refractivity contribution is 5.96. The molecule has 0 radical (unpaired) electrons. The minimum atomic E-state index is -1.07. The van der Waals surface area contributed by atoms with Crippen LogP contribution in [0.15, 0.2) is 48.9 Å². The van der Waals surface area contributed by atoms with Crippen molar-refractivity contribution in [1.82, 2.24) is 25.0 Å². The first kappa shape index (κ1) is 31.8. The summed E-state index contributed by atoms with van der Waals surface area (Å²) < 4.78 is 36.4. The lowest BCUT2D eigenvalue weighted by molar-refractivity contribution is -0.862. The summed E-state index contributed by atoms with van der Waals surface area (Å²) in [5.74, 6) is -1.93. The summed E-state index contributed by atoms with van der Waals surface area (Å²) in [7, 11) is 7.25. The van der Waals surface area contributed by atoms with Crippen molar-refractivity contribution in [2.24, 2.45) is 0 Å². The number of anilines is 2. The number of imidazole rings is 1. The number of halogens is 2. The molecule has 2 amide bonds. The van der Waals surface area contributed by atoms with Gasteiger partial charge in [0.15, 0.2) is 29.6 Å². The molecule has 1 saturated carbocycles.